The Morgan fingerprint density at radius 3 is 3.07 bits per heavy atom. The predicted octanol–water partition coefficient (Wildman–Crippen LogP) is 2.69. The topological polar surface area (TPSA) is 45.8 Å². The van der Waals surface area contributed by atoms with E-state index in [1.807, 2.05) is 0 Å². The molecular formula is C11H18N2OS. The van der Waals surface area contributed by atoms with Crippen molar-refractivity contribution < 1.29 is 0 Å². The van der Waals surface area contributed by atoms with Gasteiger partial charge in [0.25, 0.3) is 5.56 Å². The van der Waals surface area contributed by atoms with Crippen LogP contribution in [-0.2, 0) is 0 Å². The Kier molecular flexibility index (Phi) is 5.47. The summed E-state index contributed by atoms with van der Waals surface area (Å²) in [5.41, 5.74) is -0.0753. The fourth-order valence-corrected chi connectivity index (χ4v) is 2.20. The summed E-state index contributed by atoms with van der Waals surface area (Å²) in [6.07, 6.45) is 5.33. The zero-order valence-corrected chi connectivity index (χ0v) is 10.1. The molecule has 1 aromatic heterocycles. The Balaban J connectivity index is 2.33. The standard InChI is InChI=1S/C11H18N2OS/c1-3-4-5-9(2)8-15-11-12-7-6-10(14)13-11/h6-7,9H,3-5,8H2,1-2H3,(H,12,13,14). The number of nitrogens with one attached hydrogen (secondary N) is 1. The molecule has 1 heterocycles. The van der Waals surface area contributed by atoms with Crippen LogP contribution in [0.3, 0.4) is 0 Å². The van der Waals surface area contributed by atoms with E-state index in [-0.39, 0.29) is 5.56 Å². The molecule has 0 amide bonds. The Bertz CT molecular complexity index is 337. The van der Waals surface area contributed by atoms with Gasteiger partial charge in [0.1, 0.15) is 0 Å². The van der Waals surface area contributed by atoms with Crippen molar-refractivity contribution in [1.29, 1.82) is 0 Å². The van der Waals surface area contributed by atoms with Crippen molar-refractivity contribution in [1.82, 2.24) is 9.97 Å². The summed E-state index contributed by atoms with van der Waals surface area (Å²) >= 11 is 1.63. The lowest BCUT2D eigenvalue weighted by Gasteiger charge is -2.08. The minimum absolute atomic E-state index is 0.0753. The van der Waals surface area contributed by atoms with E-state index in [0.717, 1.165) is 10.9 Å². The molecule has 0 aliphatic carbocycles. The van der Waals surface area contributed by atoms with Crippen molar-refractivity contribution in [2.75, 3.05) is 5.75 Å². The summed E-state index contributed by atoms with van der Waals surface area (Å²) in [7, 11) is 0. The van der Waals surface area contributed by atoms with E-state index in [0.29, 0.717) is 5.92 Å². The molecular weight excluding hydrogens is 208 g/mol. The first kappa shape index (κ1) is 12.3. The number of rotatable bonds is 6. The number of aromatic amines is 1. The number of nitrogens with zero attached hydrogens (tertiary/aromatic N) is 1. The molecule has 0 aliphatic rings. The highest BCUT2D eigenvalue weighted by molar-refractivity contribution is 7.99. The molecule has 0 bridgehead atoms. The summed E-state index contributed by atoms with van der Waals surface area (Å²) in [5, 5.41) is 0.728. The van der Waals surface area contributed by atoms with Gasteiger partial charge in [0.15, 0.2) is 5.16 Å². The van der Waals surface area contributed by atoms with Crippen LogP contribution in [0.1, 0.15) is 33.1 Å². The Morgan fingerprint density at radius 1 is 1.60 bits per heavy atom. The van der Waals surface area contributed by atoms with E-state index >= 15 is 0 Å². The SMILES string of the molecule is CCCCC(C)CSc1nccc(=O)[nH]1. The van der Waals surface area contributed by atoms with E-state index in [1.54, 1.807) is 18.0 Å². The number of H-pyrrole nitrogens is 1. The van der Waals surface area contributed by atoms with Crippen molar-refractivity contribution in [3.8, 4) is 0 Å². The molecule has 0 radical (unpaired) electrons. The molecule has 1 atom stereocenters. The molecule has 0 spiro atoms. The fourth-order valence-electron chi connectivity index (χ4n) is 1.28. The molecule has 0 aromatic carbocycles. The van der Waals surface area contributed by atoms with E-state index in [1.165, 1.54) is 25.3 Å². The van der Waals surface area contributed by atoms with Gasteiger partial charge in [-0.25, -0.2) is 4.98 Å². The van der Waals surface area contributed by atoms with Gasteiger partial charge >= 0.3 is 0 Å². The normalized spacial score (nSPS) is 12.7. The summed E-state index contributed by atoms with van der Waals surface area (Å²) in [5.74, 6) is 1.70. The van der Waals surface area contributed by atoms with E-state index in [9.17, 15) is 4.79 Å². The van der Waals surface area contributed by atoms with Crippen molar-refractivity contribution in [3.63, 3.8) is 0 Å². The van der Waals surface area contributed by atoms with Gasteiger partial charge in [-0.2, -0.15) is 0 Å². The largest absolute Gasteiger partial charge is 0.301 e. The minimum Gasteiger partial charge on any atom is -0.301 e. The lowest BCUT2D eigenvalue weighted by atomic mass is 10.1. The van der Waals surface area contributed by atoms with Crippen molar-refractivity contribution >= 4 is 11.8 Å². The third-order valence-electron chi connectivity index (χ3n) is 2.20. The van der Waals surface area contributed by atoms with Crippen molar-refractivity contribution in [2.45, 2.75) is 38.3 Å². The zero-order valence-electron chi connectivity index (χ0n) is 9.32. The maximum absolute atomic E-state index is 11.0. The van der Waals surface area contributed by atoms with E-state index in [2.05, 4.69) is 23.8 Å². The second-order valence-corrected chi connectivity index (χ2v) is 4.81. The summed E-state index contributed by atoms with van der Waals surface area (Å²) in [6, 6.07) is 1.44. The second kappa shape index (κ2) is 6.67. The molecule has 15 heavy (non-hydrogen) atoms. The maximum Gasteiger partial charge on any atom is 0.251 e. The Labute approximate surface area is 94.7 Å². The molecule has 0 saturated heterocycles. The number of hydrogen-bond acceptors (Lipinski definition) is 3. The number of unbranched alkanes of at least 4 members (excludes halogenated alkanes) is 1. The van der Waals surface area contributed by atoms with Crippen LogP contribution < -0.4 is 5.56 Å². The average Bonchev–Trinajstić information content (AvgIpc) is 2.23. The predicted molar refractivity (Wildman–Crippen MR) is 64.3 cm³/mol. The molecule has 1 aromatic rings. The summed E-state index contributed by atoms with van der Waals surface area (Å²) < 4.78 is 0. The molecule has 1 N–H and O–H groups in total. The summed E-state index contributed by atoms with van der Waals surface area (Å²) in [4.78, 5) is 17.8. The highest BCUT2D eigenvalue weighted by atomic mass is 32.2. The van der Waals surface area contributed by atoms with Crippen LogP contribution in [0.25, 0.3) is 0 Å². The van der Waals surface area contributed by atoms with Gasteiger partial charge in [-0.05, 0) is 12.3 Å². The van der Waals surface area contributed by atoms with Crippen molar-refractivity contribution in [3.05, 3.63) is 22.6 Å². The monoisotopic (exact) mass is 226 g/mol. The van der Waals surface area contributed by atoms with Gasteiger partial charge in [0.05, 0.1) is 0 Å². The molecule has 0 aliphatic heterocycles. The summed E-state index contributed by atoms with van der Waals surface area (Å²) in [6.45, 7) is 4.44. The lowest BCUT2D eigenvalue weighted by molar-refractivity contribution is 0.557. The van der Waals surface area contributed by atoms with Gasteiger partial charge in [0, 0.05) is 18.0 Å². The molecule has 4 heteroatoms. The highest BCUT2D eigenvalue weighted by Crippen LogP contribution is 2.18. The zero-order chi connectivity index (χ0) is 11.1. The van der Waals surface area contributed by atoms with Crippen LogP contribution in [0.4, 0.5) is 0 Å². The van der Waals surface area contributed by atoms with Crippen LogP contribution in [0.15, 0.2) is 22.2 Å². The smallest absolute Gasteiger partial charge is 0.251 e. The molecule has 1 unspecified atom stereocenters. The first-order valence-corrected chi connectivity index (χ1v) is 6.39. The third-order valence-corrected chi connectivity index (χ3v) is 3.42. The van der Waals surface area contributed by atoms with Gasteiger partial charge in [-0.15, -0.1) is 0 Å². The van der Waals surface area contributed by atoms with Gasteiger partial charge in [-0.3, -0.25) is 4.79 Å². The molecule has 0 fully saturated rings. The first-order chi connectivity index (χ1) is 7.22. The van der Waals surface area contributed by atoms with Crippen LogP contribution in [0, 0.1) is 5.92 Å². The fraction of sp³-hybridized carbons (Fsp3) is 0.636. The molecule has 0 saturated carbocycles. The Hall–Kier alpha value is -0.770. The van der Waals surface area contributed by atoms with Crippen LogP contribution in [0.5, 0.6) is 0 Å². The quantitative estimate of drug-likeness (QED) is 0.599. The molecule has 1 rings (SSSR count). The van der Waals surface area contributed by atoms with E-state index in [4.69, 9.17) is 0 Å². The van der Waals surface area contributed by atoms with Gasteiger partial charge in [-0.1, -0.05) is 38.5 Å². The molecule has 84 valence electrons. The van der Waals surface area contributed by atoms with Gasteiger partial charge in [0.2, 0.25) is 0 Å². The number of thioether (sulfide) groups is 1. The Morgan fingerprint density at radius 2 is 2.40 bits per heavy atom. The molecule has 3 nitrogen and oxygen atoms in total. The second-order valence-electron chi connectivity index (χ2n) is 3.80. The van der Waals surface area contributed by atoms with Crippen molar-refractivity contribution in [2.24, 2.45) is 5.92 Å². The first-order valence-electron chi connectivity index (χ1n) is 5.40. The lowest BCUT2D eigenvalue weighted by Crippen LogP contribution is -2.06. The number of hydrogen-bond donors (Lipinski definition) is 1. The average molecular weight is 226 g/mol. The number of aromatic nitrogens is 2. The third kappa shape index (κ3) is 5.02. The van der Waals surface area contributed by atoms with Crippen LogP contribution in [0.2, 0.25) is 0 Å². The van der Waals surface area contributed by atoms with Crippen LogP contribution >= 0.6 is 11.8 Å². The minimum atomic E-state index is -0.0753. The van der Waals surface area contributed by atoms with Gasteiger partial charge < -0.3 is 4.98 Å². The van der Waals surface area contributed by atoms with Crippen LogP contribution in [-0.4, -0.2) is 15.7 Å². The van der Waals surface area contributed by atoms with E-state index < -0.39 is 0 Å². The maximum atomic E-state index is 11.0. The highest BCUT2D eigenvalue weighted by Gasteiger charge is 2.03.